The van der Waals surface area contributed by atoms with Gasteiger partial charge in [-0.05, 0) is 50.9 Å². The number of hydrogen-bond donors (Lipinski definition) is 2. The summed E-state index contributed by atoms with van der Waals surface area (Å²) >= 11 is 0. The fraction of sp³-hybridized carbons (Fsp3) is 0.900. The van der Waals surface area contributed by atoms with Crippen molar-refractivity contribution in [3.63, 3.8) is 0 Å². The largest absolute Gasteiger partial charge is 0.378 e. The topological polar surface area (TPSA) is 80.0 Å². The van der Waals surface area contributed by atoms with Crippen molar-refractivity contribution in [3.05, 3.63) is 0 Å². The van der Waals surface area contributed by atoms with E-state index >= 15 is 0 Å². The average molecular weight is 494 g/mol. The molecular formula is C20H39IN4O2. The van der Waals surface area contributed by atoms with Gasteiger partial charge in [-0.15, -0.1) is 24.0 Å². The standard InChI is InChI=1S/C20H38N4O2.HI/c1-22-20(24-13-8-9-17(16-24)15-19(21)25)23-12-6-3-7-14-26-18-10-4-2-5-11-18;/h17-18H,2-16H2,1H3,(H2,21,25)(H,22,23);1H. The SMILES string of the molecule is CN=C(NCCCCCOC1CCCCC1)N1CCCC(CC(N)=O)C1.I. The van der Waals surface area contributed by atoms with Crippen molar-refractivity contribution in [1.82, 2.24) is 10.2 Å². The van der Waals surface area contributed by atoms with Gasteiger partial charge in [0.1, 0.15) is 0 Å². The molecule has 158 valence electrons. The number of rotatable bonds is 9. The van der Waals surface area contributed by atoms with Crippen LogP contribution in [0.2, 0.25) is 0 Å². The number of nitrogens with two attached hydrogens (primary N) is 1. The smallest absolute Gasteiger partial charge is 0.217 e. The molecule has 1 saturated carbocycles. The van der Waals surface area contributed by atoms with Crippen LogP contribution in [0.15, 0.2) is 4.99 Å². The van der Waals surface area contributed by atoms with E-state index in [0.29, 0.717) is 18.4 Å². The fourth-order valence-corrected chi connectivity index (χ4v) is 4.13. The van der Waals surface area contributed by atoms with Crippen LogP contribution < -0.4 is 11.1 Å². The Balaban J connectivity index is 0.00000364. The number of nitrogens with one attached hydrogen (secondary N) is 1. The number of aliphatic imine (C=N–C) groups is 1. The van der Waals surface area contributed by atoms with Crippen LogP contribution in [0.5, 0.6) is 0 Å². The normalized spacial score (nSPS) is 21.6. The minimum absolute atomic E-state index is 0. The number of primary amides is 1. The minimum Gasteiger partial charge on any atom is -0.378 e. The van der Waals surface area contributed by atoms with Crippen molar-refractivity contribution >= 4 is 35.8 Å². The summed E-state index contributed by atoms with van der Waals surface area (Å²) in [7, 11) is 1.83. The van der Waals surface area contributed by atoms with Gasteiger partial charge in [-0.2, -0.15) is 0 Å². The molecule has 7 heteroatoms. The average Bonchev–Trinajstić information content (AvgIpc) is 2.64. The van der Waals surface area contributed by atoms with Crippen LogP contribution in [-0.2, 0) is 9.53 Å². The van der Waals surface area contributed by atoms with Gasteiger partial charge in [0.15, 0.2) is 5.96 Å². The minimum atomic E-state index is -0.199. The number of halogens is 1. The summed E-state index contributed by atoms with van der Waals surface area (Å²) in [4.78, 5) is 17.8. The van der Waals surface area contributed by atoms with Crippen molar-refractivity contribution in [2.45, 2.75) is 76.7 Å². The van der Waals surface area contributed by atoms with Gasteiger partial charge in [0.2, 0.25) is 5.91 Å². The van der Waals surface area contributed by atoms with E-state index in [4.69, 9.17) is 10.5 Å². The van der Waals surface area contributed by atoms with Gasteiger partial charge in [-0.3, -0.25) is 9.79 Å². The molecule has 1 aliphatic carbocycles. The number of nitrogens with zero attached hydrogens (tertiary/aromatic N) is 2. The van der Waals surface area contributed by atoms with Gasteiger partial charge in [0, 0.05) is 39.7 Å². The number of carbonyl (C=O) groups is 1. The van der Waals surface area contributed by atoms with E-state index < -0.39 is 0 Å². The van der Waals surface area contributed by atoms with Crippen LogP contribution in [0.25, 0.3) is 0 Å². The van der Waals surface area contributed by atoms with Crippen molar-refractivity contribution in [2.75, 3.05) is 33.3 Å². The fourth-order valence-electron chi connectivity index (χ4n) is 4.13. The second kappa shape index (κ2) is 14.4. The molecule has 1 atom stereocenters. The van der Waals surface area contributed by atoms with E-state index in [2.05, 4.69) is 15.2 Å². The Bertz CT molecular complexity index is 442. The lowest BCUT2D eigenvalue weighted by Crippen LogP contribution is -2.47. The van der Waals surface area contributed by atoms with Gasteiger partial charge in [0.05, 0.1) is 6.10 Å². The molecule has 6 nitrogen and oxygen atoms in total. The molecule has 1 unspecified atom stereocenters. The molecule has 0 radical (unpaired) electrons. The third-order valence-electron chi connectivity index (χ3n) is 5.53. The highest BCUT2D eigenvalue weighted by molar-refractivity contribution is 14.0. The number of unbranched alkanes of at least 4 members (excludes halogenated alkanes) is 2. The molecule has 3 N–H and O–H groups in total. The summed E-state index contributed by atoms with van der Waals surface area (Å²) in [6.45, 7) is 3.72. The van der Waals surface area contributed by atoms with Crippen molar-refractivity contribution < 1.29 is 9.53 Å². The molecule has 27 heavy (non-hydrogen) atoms. The third-order valence-corrected chi connectivity index (χ3v) is 5.53. The van der Waals surface area contributed by atoms with Gasteiger partial charge in [0.25, 0.3) is 0 Å². The summed E-state index contributed by atoms with van der Waals surface area (Å²) in [5.74, 6) is 1.12. The summed E-state index contributed by atoms with van der Waals surface area (Å²) in [5, 5.41) is 3.47. The molecule has 1 saturated heterocycles. The maximum absolute atomic E-state index is 11.2. The van der Waals surface area contributed by atoms with Crippen LogP contribution >= 0.6 is 24.0 Å². The van der Waals surface area contributed by atoms with Gasteiger partial charge >= 0.3 is 0 Å². The highest BCUT2D eigenvalue weighted by atomic mass is 127. The molecule has 0 aromatic carbocycles. The molecule has 2 aliphatic rings. The van der Waals surface area contributed by atoms with Crippen LogP contribution in [0.3, 0.4) is 0 Å². The zero-order chi connectivity index (χ0) is 18.6. The summed E-state index contributed by atoms with van der Waals surface area (Å²) in [6, 6.07) is 0. The van der Waals surface area contributed by atoms with Crippen LogP contribution in [0.4, 0.5) is 0 Å². The molecule has 0 aromatic heterocycles. The highest BCUT2D eigenvalue weighted by Gasteiger charge is 2.23. The molecule has 0 spiro atoms. The van der Waals surface area contributed by atoms with Crippen molar-refractivity contribution in [3.8, 4) is 0 Å². The van der Waals surface area contributed by atoms with E-state index in [9.17, 15) is 4.79 Å². The summed E-state index contributed by atoms with van der Waals surface area (Å²) < 4.78 is 5.98. The number of ether oxygens (including phenoxy) is 1. The molecule has 1 aliphatic heterocycles. The van der Waals surface area contributed by atoms with E-state index in [0.717, 1.165) is 57.9 Å². The van der Waals surface area contributed by atoms with Crippen LogP contribution in [0, 0.1) is 5.92 Å². The first kappa shape index (κ1) is 24.5. The Morgan fingerprint density at radius 3 is 2.63 bits per heavy atom. The van der Waals surface area contributed by atoms with E-state index in [1.807, 2.05) is 7.05 Å². The molecule has 2 fully saturated rings. The van der Waals surface area contributed by atoms with Crippen LogP contribution in [-0.4, -0.2) is 56.2 Å². The molecular weight excluding hydrogens is 455 g/mol. The number of guanidine groups is 1. The Morgan fingerprint density at radius 2 is 1.93 bits per heavy atom. The quantitative estimate of drug-likeness (QED) is 0.223. The second-order valence-electron chi connectivity index (χ2n) is 7.79. The Labute approximate surface area is 182 Å². The molecule has 1 heterocycles. The molecule has 0 bridgehead atoms. The lowest BCUT2D eigenvalue weighted by atomic mass is 9.95. The number of amides is 1. The van der Waals surface area contributed by atoms with E-state index in [1.165, 1.54) is 38.5 Å². The maximum atomic E-state index is 11.2. The first-order valence-electron chi connectivity index (χ1n) is 10.5. The van der Waals surface area contributed by atoms with E-state index in [1.54, 1.807) is 0 Å². The van der Waals surface area contributed by atoms with Gasteiger partial charge in [-0.25, -0.2) is 0 Å². The predicted octanol–water partition coefficient (Wildman–Crippen LogP) is 3.29. The van der Waals surface area contributed by atoms with Gasteiger partial charge < -0.3 is 20.7 Å². The zero-order valence-electron chi connectivity index (χ0n) is 17.0. The van der Waals surface area contributed by atoms with Crippen molar-refractivity contribution in [2.24, 2.45) is 16.6 Å². The third kappa shape index (κ3) is 9.96. The lowest BCUT2D eigenvalue weighted by molar-refractivity contribution is -0.119. The summed E-state index contributed by atoms with van der Waals surface area (Å²) in [6.07, 6.45) is 13.2. The Kier molecular flexibility index (Phi) is 13.1. The second-order valence-corrected chi connectivity index (χ2v) is 7.79. The number of likely N-dealkylation sites (tertiary alicyclic amines) is 1. The molecule has 1 amide bonds. The number of carbonyl (C=O) groups excluding carboxylic acids is 1. The first-order valence-corrected chi connectivity index (χ1v) is 10.5. The number of hydrogen-bond acceptors (Lipinski definition) is 3. The lowest BCUT2D eigenvalue weighted by Gasteiger charge is -2.34. The highest BCUT2D eigenvalue weighted by Crippen LogP contribution is 2.21. The Morgan fingerprint density at radius 1 is 1.15 bits per heavy atom. The first-order chi connectivity index (χ1) is 12.7. The predicted molar refractivity (Wildman–Crippen MR) is 122 cm³/mol. The summed E-state index contributed by atoms with van der Waals surface area (Å²) in [5.41, 5.74) is 5.35. The molecule has 0 aromatic rings. The van der Waals surface area contributed by atoms with Crippen LogP contribution in [0.1, 0.15) is 70.6 Å². The maximum Gasteiger partial charge on any atom is 0.217 e. The molecule has 2 rings (SSSR count). The monoisotopic (exact) mass is 494 g/mol. The van der Waals surface area contributed by atoms with E-state index in [-0.39, 0.29) is 29.9 Å². The van der Waals surface area contributed by atoms with Crippen molar-refractivity contribution in [1.29, 1.82) is 0 Å². The Hall–Kier alpha value is -0.570. The zero-order valence-corrected chi connectivity index (χ0v) is 19.3. The van der Waals surface area contributed by atoms with Gasteiger partial charge in [-0.1, -0.05) is 19.3 Å². The number of piperidine rings is 1.